The van der Waals surface area contributed by atoms with Crippen LogP contribution in [0.1, 0.15) is 19.4 Å². The van der Waals surface area contributed by atoms with Crippen molar-refractivity contribution in [2.75, 3.05) is 45.9 Å². The van der Waals surface area contributed by atoms with Crippen molar-refractivity contribution in [3.63, 3.8) is 0 Å². The van der Waals surface area contributed by atoms with Crippen LogP contribution in [-0.4, -0.2) is 73.7 Å². The molecule has 0 aromatic heterocycles. The van der Waals surface area contributed by atoms with Crippen LogP contribution in [0.5, 0.6) is 0 Å². The number of ether oxygens (including phenoxy) is 1. The van der Waals surface area contributed by atoms with Crippen LogP contribution in [0.25, 0.3) is 6.08 Å². The zero-order chi connectivity index (χ0) is 20.6. The molecule has 29 heavy (non-hydrogen) atoms. The standard InChI is InChI=1S/C22H30N4O3/c1-3-29-21(27)20-17(2)23-22(28)24-19(20)16-26-14-12-25(13-15-26)11-7-10-18-8-5-4-6-9-18/h4-10,17H,3,11-16H2,1-2H3,(H2,23,24,28). The molecule has 2 aliphatic rings. The van der Waals surface area contributed by atoms with Crippen molar-refractivity contribution in [3.05, 3.63) is 53.2 Å². The Labute approximate surface area is 172 Å². The van der Waals surface area contributed by atoms with Crippen LogP contribution in [0.3, 0.4) is 0 Å². The Hall–Kier alpha value is -2.64. The second-order valence-electron chi connectivity index (χ2n) is 7.32. The van der Waals surface area contributed by atoms with Gasteiger partial charge in [-0.3, -0.25) is 9.80 Å². The molecule has 2 aliphatic heterocycles. The minimum Gasteiger partial charge on any atom is -0.463 e. The second kappa shape index (κ2) is 10.2. The summed E-state index contributed by atoms with van der Waals surface area (Å²) in [5, 5.41) is 5.55. The summed E-state index contributed by atoms with van der Waals surface area (Å²) in [7, 11) is 0. The van der Waals surface area contributed by atoms with E-state index in [4.69, 9.17) is 4.74 Å². The van der Waals surface area contributed by atoms with E-state index < -0.39 is 0 Å². The summed E-state index contributed by atoms with van der Waals surface area (Å²) in [6, 6.07) is 9.66. The maximum Gasteiger partial charge on any atom is 0.337 e. The van der Waals surface area contributed by atoms with Crippen LogP contribution in [0.2, 0.25) is 0 Å². The molecule has 0 radical (unpaired) electrons. The van der Waals surface area contributed by atoms with Gasteiger partial charge in [-0.15, -0.1) is 0 Å². The van der Waals surface area contributed by atoms with Crippen molar-refractivity contribution < 1.29 is 14.3 Å². The highest BCUT2D eigenvalue weighted by atomic mass is 16.5. The van der Waals surface area contributed by atoms with E-state index in [1.165, 1.54) is 5.56 Å². The summed E-state index contributed by atoms with van der Waals surface area (Å²) in [5.74, 6) is -0.368. The van der Waals surface area contributed by atoms with Gasteiger partial charge in [0.1, 0.15) is 0 Å². The van der Waals surface area contributed by atoms with Crippen LogP contribution >= 0.6 is 0 Å². The quantitative estimate of drug-likeness (QED) is 0.686. The molecule has 2 heterocycles. The Morgan fingerprint density at radius 1 is 1.17 bits per heavy atom. The van der Waals surface area contributed by atoms with Gasteiger partial charge in [-0.25, -0.2) is 9.59 Å². The average Bonchev–Trinajstić information content (AvgIpc) is 2.70. The Morgan fingerprint density at radius 2 is 1.86 bits per heavy atom. The van der Waals surface area contributed by atoms with E-state index in [9.17, 15) is 9.59 Å². The number of nitrogens with one attached hydrogen (secondary N) is 2. The lowest BCUT2D eigenvalue weighted by molar-refractivity contribution is -0.139. The van der Waals surface area contributed by atoms with Gasteiger partial charge in [0.05, 0.1) is 18.2 Å². The summed E-state index contributed by atoms with van der Waals surface area (Å²) >= 11 is 0. The number of rotatable bonds is 7. The van der Waals surface area contributed by atoms with Crippen molar-refractivity contribution in [1.82, 2.24) is 20.4 Å². The summed E-state index contributed by atoms with van der Waals surface area (Å²) in [5.41, 5.74) is 2.37. The van der Waals surface area contributed by atoms with Crippen molar-refractivity contribution in [3.8, 4) is 0 Å². The summed E-state index contributed by atoms with van der Waals surface area (Å²) in [4.78, 5) is 28.9. The average molecular weight is 399 g/mol. The molecule has 7 nitrogen and oxygen atoms in total. The highest BCUT2D eigenvalue weighted by Crippen LogP contribution is 2.16. The molecule has 3 rings (SSSR count). The third kappa shape index (κ3) is 5.92. The van der Waals surface area contributed by atoms with Gasteiger partial charge in [0.25, 0.3) is 0 Å². The SMILES string of the molecule is CCOC(=O)C1=C(CN2CCN(CC=Cc3ccccc3)CC2)NC(=O)NC1C. The molecule has 1 saturated heterocycles. The van der Waals surface area contributed by atoms with E-state index in [1.54, 1.807) is 6.92 Å². The van der Waals surface area contributed by atoms with Gasteiger partial charge in [0.2, 0.25) is 0 Å². The molecule has 0 spiro atoms. The number of carbonyl (C=O) groups is 2. The first-order valence-electron chi connectivity index (χ1n) is 10.2. The minimum atomic E-state index is -0.368. The number of esters is 1. The number of nitrogens with zero attached hydrogens (tertiary/aromatic N) is 2. The lowest BCUT2D eigenvalue weighted by atomic mass is 10.0. The molecule has 156 valence electrons. The fourth-order valence-electron chi connectivity index (χ4n) is 3.66. The van der Waals surface area contributed by atoms with Gasteiger partial charge >= 0.3 is 12.0 Å². The van der Waals surface area contributed by atoms with Gasteiger partial charge < -0.3 is 15.4 Å². The highest BCUT2D eigenvalue weighted by molar-refractivity contribution is 5.94. The molecule has 1 aromatic carbocycles. The lowest BCUT2D eigenvalue weighted by Gasteiger charge is -2.36. The van der Waals surface area contributed by atoms with Gasteiger partial charge in [-0.05, 0) is 19.4 Å². The van der Waals surface area contributed by atoms with E-state index in [0.29, 0.717) is 24.4 Å². The number of hydrogen-bond acceptors (Lipinski definition) is 5. The second-order valence-corrected chi connectivity index (χ2v) is 7.32. The number of hydrogen-bond donors (Lipinski definition) is 2. The third-order valence-electron chi connectivity index (χ3n) is 5.19. The molecule has 2 amide bonds. The van der Waals surface area contributed by atoms with Gasteiger partial charge in [-0.1, -0.05) is 42.5 Å². The summed E-state index contributed by atoms with van der Waals surface area (Å²) < 4.78 is 5.18. The summed E-state index contributed by atoms with van der Waals surface area (Å²) in [6.45, 7) is 9.02. The number of amides is 2. The normalized spacial score (nSPS) is 21.2. The number of carbonyl (C=O) groups excluding carboxylic acids is 2. The first-order chi connectivity index (χ1) is 14.1. The molecule has 7 heteroatoms. The lowest BCUT2D eigenvalue weighted by Crippen LogP contribution is -2.53. The Morgan fingerprint density at radius 3 is 2.55 bits per heavy atom. The smallest absolute Gasteiger partial charge is 0.337 e. The first-order valence-corrected chi connectivity index (χ1v) is 10.2. The molecule has 0 aliphatic carbocycles. The predicted octanol–water partition coefficient (Wildman–Crippen LogP) is 1.84. The fourth-order valence-corrected chi connectivity index (χ4v) is 3.66. The van der Waals surface area contributed by atoms with Crippen LogP contribution < -0.4 is 10.6 Å². The van der Waals surface area contributed by atoms with E-state index in [1.807, 2.05) is 25.1 Å². The van der Waals surface area contributed by atoms with Crippen LogP contribution in [0.4, 0.5) is 4.79 Å². The van der Waals surface area contributed by atoms with Crippen molar-refractivity contribution in [1.29, 1.82) is 0 Å². The number of urea groups is 1. The Kier molecular flexibility index (Phi) is 7.43. The van der Waals surface area contributed by atoms with Gasteiger partial charge in [-0.2, -0.15) is 0 Å². The van der Waals surface area contributed by atoms with Gasteiger partial charge in [0, 0.05) is 45.0 Å². The van der Waals surface area contributed by atoms with Crippen molar-refractivity contribution in [2.24, 2.45) is 0 Å². The monoisotopic (exact) mass is 398 g/mol. The molecule has 0 bridgehead atoms. The van der Waals surface area contributed by atoms with Crippen LogP contribution in [-0.2, 0) is 9.53 Å². The summed E-state index contributed by atoms with van der Waals surface area (Å²) in [6.07, 6.45) is 4.34. The molecule has 2 N–H and O–H groups in total. The third-order valence-corrected chi connectivity index (χ3v) is 5.19. The van der Waals surface area contributed by atoms with Crippen molar-refractivity contribution in [2.45, 2.75) is 19.9 Å². The molecular weight excluding hydrogens is 368 g/mol. The Balaban J connectivity index is 1.54. The van der Waals surface area contributed by atoms with E-state index >= 15 is 0 Å². The molecule has 0 saturated carbocycles. The number of piperazine rings is 1. The first kappa shape index (κ1) is 21.1. The maximum atomic E-state index is 12.3. The topological polar surface area (TPSA) is 73.9 Å². The van der Waals surface area contributed by atoms with E-state index in [0.717, 1.165) is 32.7 Å². The van der Waals surface area contributed by atoms with E-state index in [-0.39, 0.29) is 18.0 Å². The molecule has 1 aromatic rings. The molecular formula is C22H30N4O3. The Bertz CT molecular complexity index is 768. The van der Waals surface area contributed by atoms with Crippen LogP contribution in [0, 0.1) is 0 Å². The van der Waals surface area contributed by atoms with Crippen LogP contribution in [0.15, 0.2) is 47.7 Å². The number of benzene rings is 1. The molecule has 1 unspecified atom stereocenters. The zero-order valence-corrected chi connectivity index (χ0v) is 17.2. The maximum absolute atomic E-state index is 12.3. The highest BCUT2D eigenvalue weighted by Gasteiger charge is 2.31. The largest absolute Gasteiger partial charge is 0.463 e. The predicted molar refractivity (Wildman–Crippen MR) is 113 cm³/mol. The van der Waals surface area contributed by atoms with E-state index in [2.05, 4.69) is 44.7 Å². The zero-order valence-electron chi connectivity index (χ0n) is 17.2. The molecule has 1 atom stereocenters. The van der Waals surface area contributed by atoms with Gasteiger partial charge in [0.15, 0.2) is 0 Å². The fraction of sp³-hybridized carbons (Fsp3) is 0.455. The van der Waals surface area contributed by atoms with Crippen molar-refractivity contribution >= 4 is 18.1 Å². The molecule has 1 fully saturated rings. The minimum absolute atomic E-state index is 0.273.